The number of amides is 2. The van der Waals surface area contributed by atoms with Gasteiger partial charge < -0.3 is 10.6 Å². The molecule has 2 amide bonds. The summed E-state index contributed by atoms with van der Waals surface area (Å²) in [7, 11) is -3.86. The van der Waals surface area contributed by atoms with Crippen molar-refractivity contribution in [3.8, 4) is 0 Å². The smallest absolute Gasteiger partial charge is 0.238 e. The van der Waals surface area contributed by atoms with Crippen LogP contribution in [0.1, 0.15) is 28.8 Å². The van der Waals surface area contributed by atoms with Crippen LogP contribution in [-0.2, 0) is 26.0 Å². The van der Waals surface area contributed by atoms with Gasteiger partial charge in [0.1, 0.15) is 0 Å². The molecule has 0 bridgehead atoms. The van der Waals surface area contributed by atoms with Crippen LogP contribution in [0.5, 0.6) is 0 Å². The van der Waals surface area contributed by atoms with E-state index in [2.05, 4.69) is 16.7 Å². The first-order valence-electron chi connectivity index (χ1n) is 10.6. The summed E-state index contributed by atoms with van der Waals surface area (Å²) in [6.45, 7) is 5.73. The largest absolute Gasteiger partial charge is 0.355 e. The van der Waals surface area contributed by atoms with Crippen molar-refractivity contribution >= 4 is 38.9 Å². The Kier molecular flexibility index (Phi) is 8.05. The third-order valence-electron chi connectivity index (χ3n) is 5.82. The number of likely N-dealkylation sites (tertiary alicyclic amines) is 1. The highest BCUT2D eigenvalue weighted by atomic mass is 32.2. The molecule has 3 rings (SSSR count). The molecule has 174 valence electrons. The van der Waals surface area contributed by atoms with E-state index in [9.17, 15) is 18.0 Å². The molecular formula is C22H30N4O4S2. The molecule has 2 aromatic rings. The van der Waals surface area contributed by atoms with Crippen LogP contribution in [-0.4, -0.2) is 51.3 Å². The molecule has 0 unspecified atom stereocenters. The van der Waals surface area contributed by atoms with Gasteiger partial charge in [0, 0.05) is 23.0 Å². The number of sulfonamides is 1. The highest BCUT2D eigenvalue weighted by Gasteiger charge is 2.26. The van der Waals surface area contributed by atoms with E-state index in [1.807, 2.05) is 23.3 Å². The molecule has 1 fully saturated rings. The zero-order valence-corrected chi connectivity index (χ0v) is 20.0. The SMILES string of the molecule is Cc1cc(S(N)(=O)=O)cc(NC(=O)CN2CCC(C(=O)NCCc3cccs3)CC2)c1C. The van der Waals surface area contributed by atoms with E-state index in [0.717, 1.165) is 17.5 Å². The van der Waals surface area contributed by atoms with Crippen molar-refractivity contribution in [2.45, 2.75) is 38.0 Å². The molecular weight excluding hydrogens is 448 g/mol. The summed E-state index contributed by atoms with van der Waals surface area (Å²) in [6.07, 6.45) is 2.25. The molecule has 0 saturated carbocycles. The fourth-order valence-corrected chi connectivity index (χ4v) is 5.11. The molecule has 1 aliphatic heterocycles. The number of thiophene rings is 1. The number of nitrogens with two attached hydrogens (primary N) is 1. The minimum atomic E-state index is -3.86. The van der Waals surface area contributed by atoms with Gasteiger partial charge in [0.15, 0.2) is 0 Å². The molecule has 1 aromatic heterocycles. The number of carbonyl (C=O) groups excluding carboxylic acids is 2. The molecule has 0 spiro atoms. The Morgan fingerprint density at radius 3 is 2.56 bits per heavy atom. The van der Waals surface area contributed by atoms with E-state index < -0.39 is 10.0 Å². The molecule has 0 aliphatic carbocycles. The maximum atomic E-state index is 12.6. The van der Waals surface area contributed by atoms with Gasteiger partial charge in [-0.05, 0) is 80.9 Å². The average Bonchev–Trinajstić information content (AvgIpc) is 3.24. The zero-order chi connectivity index (χ0) is 23.3. The lowest BCUT2D eigenvalue weighted by Crippen LogP contribution is -2.43. The van der Waals surface area contributed by atoms with Gasteiger partial charge in [0.2, 0.25) is 21.8 Å². The number of primary sulfonamides is 1. The summed E-state index contributed by atoms with van der Waals surface area (Å²) < 4.78 is 23.4. The van der Waals surface area contributed by atoms with E-state index in [1.54, 1.807) is 18.3 Å². The molecule has 1 aliphatic rings. The van der Waals surface area contributed by atoms with Crippen molar-refractivity contribution < 1.29 is 18.0 Å². The van der Waals surface area contributed by atoms with Crippen molar-refractivity contribution in [1.82, 2.24) is 10.2 Å². The van der Waals surface area contributed by atoms with Gasteiger partial charge in [-0.25, -0.2) is 13.6 Å². The number of hydrogen-bond donors (Lipinski definition) is 3. The Bertz CT molecular complexity index is 1060. The Labute approximate surface area is 193 Å². The summed E-state index contributed by atoms with van der Waals surface area (Å²) in [5.74, 6) is -0.177. The van der Waals surface area contributed by atoms with Gasteiger partial charge in [-0.1, -0.05) is 6.07 Å². The Morgan fingerprint density at radius 1 is 1.22 bits per heavy atom. The molecule has 4 N–H and O–H groups in total. The third-order valence-corrected chi connectivity index (χ3v) is 7.65. The summed E-state index contributed by atoms with van der Waals surface area (Å²) in [4.78, 5) is 28.2. The second-order valence-electron chi connectivity index (χ2n) is 8.18. The first kappa shape index (κ1) is 24.4. The van der Waals surface area contributed by atoms with Gasteiger partial charge in [0.25, 0.3) is 0 Å². The lowest BCUT2D eigenvalue weighted by molar-refractivity contribution is -0.126. The molecule has 2 heterocycles. The van der Waals surface area contributed by atoms with Crippen LogP contribution >= 0.6 is 11.3 Å². The Balaban J connectivity index is 1.46. The molecule has 10 heteroatoms. The predicted molar refractivity (Wildman–Crippen MR) is 126 cm³/mol. The van der Waals surface area contributed by atoms with Crippen LogP contribution in [0.4, 0.5) is 5.69 Å². The standard InChI is InChI=1S/C22H30N4O4S2/c1-15-12-19(32(23,29)30)13-20(16(15)2)25-21(27)14-26-9-6-17(7-10-26)22(28)24-8-5-18-4-3-11-31-18/h3-4,11-13,17H,5-10,14H2,1-2H3,(H,24,28)(H,25,27)(H2,23,29,30). The second-order valence-corrected chi connectivity index (χ2v) is 10.8. The van der Waals surface area contributed by atoms with Crippen molar-refractivity contribution in [1.29, 1.82) is 0 Å². The quantitative estimate of drug-likeness (QED) is 0.536. The minimum absolute atomic E-state index is 0.0261. The van der Waals surface area contributed by atoms with E-state index in [4.69, 9.17) is 5.14 Å². The molecule has 0 radical (unpaired) electrons. The summed E-state index contributed by atoms with van der Waals surface area (Å²) in [5, 5.41) is 13.1. The van der Waals surface area contributed by atoms with Crippen LogP contribution in [0.2, 0.25) is 0 Å². The van der Waals surface area contributed by atoms with Crippen molar-refractivity contribution in [3.05, 3.63) is 45.6 Å². The summed E-state index contributed by atoms with van der Waals surface area (Å²) in [6, 6.07) is 6.96. The normalized spacial score (nSPS) is 15.5. The lowest BCUT2D eigenvalue weighted by atomic mass is 9.96. The van der Waals surface area contributed by atoms with E-state index in [1.165, 1.54) is 17.0 Å². The van der Waals surface area contributed by atoms with E-state index in [-0.39, 0.29) is 29.2 Å². The fraction of sp³-hybridized carbons (Fsp3) is 0.455. The molecule has 32 heavy (non-hydrogen) atoms. The first-order valence-corrected chi connectivity index (χ1v) is 13.0. The van der Waals surface area contributed by atoms with E-state index in [0.29, 0.717) is 38.2 Å². The third kappa shape index (κ3) is 6.61. The number of rotatable bonds is 8. The summed E-state index contributed by atoms with van der Waals surface area (Å²) >= 11 is 1.69. The maximum Gasteiger partial charge on any atom is 0.238 e. The van der Waals surface area contributed by atoms with Crippen molar-refractivity contribution in [2.75, 3.05) is 31.5 Å². The summed E-state index contributed by atoms with van der Waals surface area (Å²) in [5.41, 5.74) is 1.97. The highest BCUT2D eigenvalue weighted by Crippen LogP contribution is 2.24. The molecule has 0 atom stereocenters. The second kappa shape index (κ2) is 10.6. The predicted octanol–water partition coefficient (Wildman–Crippen LogP) is 2.02. The maximum absolute atomic E-state index is 12.6. The molecule has 1 aromatic carbocycles. The van der Waals surface area contributed by atoms with Crippen LogP contribution in [0.15, 0.2) is 34.5 Å². The van der Waals surface area contributed by atoms with Crippen molar-refractivity contribution in [2.24, 2.45) is 11.1 Å². The molecule has 1 saturated heterocycles. The van der Waals surface area contributed by atoms with Gasteiger partial charge in [-0.15, -0.1) is 11.3 Å². The average molecular weight is 479 g/mol. The van der Waals surface area contributed by atoms with Gasteiger partial charge in [-0.3, -0.25) is 14.5 Å². The Hall–Kier alpha value is -2.27. The number of hydrogen-bond acceptors (Lipinski definition) is 6. The first-order chi connectivity index (χ1) is 15.1. The number of carbonyl (C=O) groups is 2. The number of anilines is 1. The Morgan fingerprint density at radius 2 is 1.94 bits per heavy atom. The topological polar surface area (TPSA) is 122 Å². The minimum Gasteiger partial charge on any atom is -0.355 e. The number of nitrogens with one attached hydrogen (secondary N) is 2. The van der Waals surface area contributed by atoms with Gasteiger partial charge in [0.05, 0.1) is 11.4 Å². The van der Waals surface area contributed by atoms with Crippen LogP contribution in [0.25, 0.3) is 0 Å². The van der Waals surface area contributed by atoms with Crippen molar-refractivity contribution in [3.63, 3.8) is 0 Å². The van der Waals surface area contributed by atoms with Crippen LogP contribution in [0.3, 0.4) is 0 Å². The zero-order valence-electron chi connectivity index (χ0n) is 18.4. The number of aryl methyl sites for hydroxylation is 1. The fourth-order valence-electron chi connectivity index (χ4n) is 3.77. The molecule has 8 nitrogen and oxygen atoms in total. The van der Waals surface area contributed by atoms with Crippen LogP contribution in [0, 0.1) is 19.8 Å². The highest BCUT2D eigenvalue weighted by molar-refractivity contribution is 7.89. The van der Waals surface area contributed by atoms with Gasteiger partial charge >= 0.3 is 0 Å². The van der Waals surface area contributed by atoms with Crippen LogP contribution < -0.4 is 15.8 Å². The monoisotopic (exact) mass is 478 g/mol. The number of benzene rings is 1. The number of nitrogens with zero attached hydrogens (tertiary/aromatic N) is 1. The number of piperidine rings is 1. The van der Waals surface area contributed by atoms with E-state index >= 15 is 0 Å². The van der Waals surface area contributed by atoms with Gasteiger partial charge in [-0.2, -0.15) is 0 Å². The lowest BCUT2D eigenvalue weighted by Gasteiger charge is -2.30.